The molecule has 6 nitrogen and oxygen atoms in total. The maximum Gasteiger partial charge on any atom is 0.243 e. The zero-order chi connectivity index (χ0) is 19.0. The van der Waals surface area contributed by atoms with Crippen molar-refractivity contribution >= 4 is 15.8 Å². The highest BCUT2D eigenvalue weighted by Crippen LogP contribution is 2.33. The van der Waals surface area contributed by atoms with Crippen LogP contribution in [0.5, 0.6) is 0 Å². The Morgan fingerprint density at radius 1 is 1.00 bits per heavy atom. The summed E-state index contributed by atoms with van der Waals surface area (Å²) in [5.74, 6) is -0.261. The van der Waals surface area contributed by atoms with Crippen molar-refractivity contribution < 1.29 is 12.8 Å². The van der Waals surface area contributed by atoms with E-state index in [2.05, 4.69) is 9.97 Å². The number of rotatable bonds is 4. The predicted octanol–water partition coefficient (Wildman–Crippen LogP) is 2.93. The number of benzene rings is 2. The van der Waals surface area contributed by atoms with Crippen LogP contribution in [0.2, 0.25) is 0 Å². The van der Waals surface area contributed by atoms with Crippen LogP contribution in [-0.4, -0.2) is 35.8 Å². The lowest BCUT2D eigenvalue weighted by molar-refractivity contribution is 0.309. The van der Waals surface area contributed by atoms with Crippen molar-refractivity contribution in [3.63, 3.8) is 0 Å². The Morgan fingerprint density at radius 2 is 1.78 bits per heavy atom. The second-order valence-corrected chi connectivity index (χ2v) is 8.18. The van der Waals surface area contributed by atoms with Crippen molar-refractivity contribution in [1.29, 1.82) is 0 Å². The summed E-state index contributed by atoms with van der Waals surface area (Å²) in [6, 6.07) is 11.2. The molecule has 0 saturated carbocycles. The van der Waals surface area contributed by atoms with Crippen molar-refractivity contribution in [1.82, 2.24) is 14.3 Å². The zero-order valence-electron chi connectivity index (χ0n) is 14.3. The molecule has 1 saturated heterocycles. The van der Waals surface area contributed by atoms with Crippen molar-refractivity contribution in [2.75, 3.05) is 18.8 Å². The van der Waals surface area contributed by atoms with E-state index in [1.807, 2.05) is 0 Å². The molecule has 3 aromatic rings. The van der Waals surface area contributed by atoms with Crippen LogP contribution in [0.4, 0.5) is 10.2 Å². The van der Waals surface area contributed by atoms with Crippen LogP contribution < -0.4 is 5.73 Å². The van der Waals surface area contributed by atoms with Gasteiger partial charge in [-0.2, -0.15) is 4.31 Å². The Hall–Kier alpha value is -2.84. The minimum Gasteiger partial charge on any atom is -0.382 e. The van der Waals surface area contributed by atoms with Crippen LogP contribution in [0, 0.1) is 5.82 Å². The summed E-state index contributed by atoms with van der Waals surface area (Å²) in [6.45, 7) is 1.03. The fourth-order valence-electron chi connectivity index (χ4n) is 2.96. The molecular weight excluding hydrogens is 367 g/mol. The van der Waals surface area contributed by atoms with E-state index in [0.29, 0.717) is 29.9 Å². The third kappa shape index (κ3) is 3.17. The molecule has 8 heteroatoms. The van der Waals surface area contributed by atoms with E-state index >= 15 is 0 Å². The SMILES string of the molecule is Nc1cnc(-c2ccc(-c3ccccc3S(=O)(=O)N3CCC3)cc2F)cn1. The predicted molar refractivity (Wildman–Crippen MR) is 101 cm³/mol. The minimum absolute atomic E-state index is 0.184. The summed E-state index contributed by atoms with van der Waals surface area (Å²) in [5.41, 5.74) is 7.10. The van der Waals surface area contributed by atoms with Gasteiger partial charge in [0.2, 0.25) is 10.0 Å². The van der Waals surface area contributed by atoms with Gasteiger partial charge in [0.25, 0.3) is 0 Å². The van der Waals surface area contributed by atoms with Crippen LogP contribution in [0.15, 0.2) is 59.8 Å². The maximum atomic E-state index is 14.7. The second-order valence-electron chi connectivity index (χ2n) is 6.27. The first-order chi connectivity index (χ1) is 13.0. The van der Waals surface area contributed by atoms with Crippen molar-refractivity contribution in [2.45, 2.75) is 11.3 Å². The number of halogens is 1. The molecule has 138 valence electrons. The molecule has 1 aromatic heterocycles. The number of nitrogens with two attached hydrogens (primary N) is 1. The summed E-state index contributed by atoms with van der Waals surface area (Å²) in [6.07, 6.45) is 3.61. The van der Waals surface area contributed by atoms with E-state index in [4.69, 9.17) is 5.73 Å². The second kappa shape index (κ2) is 6.71. The first-order valence-corrected chi connectivity index (χ1v) is 9.88. The Balaban J connectivity index is 1.77. The molecule has 2 heterocycles. The van der Waals surface area contributed by atoms with Gasteiger partial charge in [-0.15, -0.1) is 0 Å². The fraction of sp³-hybridized carbons (Fsp3) is 0.158. The van der Waals surface area contributed by atoms with E-state index in [1.54, 1.807) is 36.4 Å². The number of hydrogen-bond donors (Lipinski definition) is 1. The summed E-state index contributed by atoms with van der Waals surface area (Å²) in [5, 5.41) is 0. The summed E-state index contributed by atoms with van der Waals surface area (Å²) in [7, 11) is -3.59. The zero-order valence-corrected chi connectivity index (χ0v) is 15.2. The molecule has 1 aliphatic heterocycles. The molecule has 1 fully saturated rings. The minimum atomic E-state index is -3.59. The Kier molecular flexibility index (Phi) is 4.37. The monoisotopic (exact) mass is 384 g/mol. The van der Waals surface area contributed by atoms with Gasteiger partial charge in [0.15, 0.2) is 0 Å². The average molecular weight is 384 g/mol. The highest BCUT2D eigenvalue weighted by molar-refractivity contribution is 7.89. The molecule has 0 unspecified atom stereocenters. The smallest absolute Gasteiger partial charge is 0.243 e. The van der Waals surface area contributed by atoms with Crippen LogP contribution in [0.25, 0.3) is 22.4 Å². The standard InChI is InChI=1S/C19H17FN4O2S/c20-16-10-13(6-7-15(16)17-11-23-19(21)12-22-17)14-4-1-2-5-18(14)27(25,26)24-8-3-9-24/h1-2,4-7,10-12H,3,8-9H2,(H2,21,23). The topological polar surface area (TPSA) is 89.2 Å². The molecule has 27 heavy (non-hydrogen) atoms. The molecule has 0 spiro atoms. The molecule has 1 aliphatic rings. The van der Waals surface area contributed by atoms with Gasteiger partial charge in [-0.05, 0) is 30.2 Å². The normalized spacial score (nSPS) is 14.7. The molecule has 0 radical (unpaired) electrons. The molecule has 0 atom stereocenters. The van der Waals surface area contributed by atoms with Crippen LogP contribution in [0.1, 0.15) is 6.42 Å². The van der Waals surface area contributed by atoms with Crippen molar-refractivity contribution in [3.8, 4) is 22.4 Å². The van der Waals surface area contributed by atoms with Gasteiger partial charge >= 0.3 is 0 Å². The number of hydrogen-bond acceptors (Lipinski definition) is 5. The third-order valence-electron chi connectivity index (χ3n) is 4.55. The summed E-state index contributed by atoms with van der Waals surface area (Å²) in [4.78, 5) is 8.19. The van der Waals surface area contributed by atoms with Gasteiger partial charge in [-0.1, -0.05) is 24.3 Å². The first kappa shape index (κ1) is 17.6. The van der Waals surface area contributed by atoms with Crippen LogP contribution in [-0.2, 0) is 10.0 Å². The summed E-state index contributed by atoms with van der Waals surface area (Å²) < 4.78 is 41.8. The van der Waals surface area contributed by atoms with E-state index in [-0.39, 0.29) is 16.3 Å². The molecule has 0 bridgehead atoms. The van der Waals surface area contributed by atoms with E-state index in [9.17, 15) is 12.8 Å². The Labute approximate surface area is 156 Å². The average Bonchev–Trinajstić information content (AvgIpc) is 2.61. The lowest BCUT2D eigenvalue weighted by Gasteiger charge is -2.30. The lowest BCUT2D eigenvalue weighted by Crippen LogP contribution is -2.42. The largest absolute Gasteiger partial charge is 0.382 e. The van der Waals surface area contributed by atoms with Gasteiger partial charge in [0.05, 0.1) is 23.0 Å². The fourth-order valence-corrected chi connectivity index (χ4v) is 4.70. The molecule has 0 amide bonds. The highest BCUT2D eigenvalue weighted by Gasteiger charge is 2.31. The van der Waals surface area contributed by atoms with E-state index < -0.39 is 15.8 Å². The van der Waals surface area contributed by atoms with Gasteiger partial charge in [0.1, 0.15) is 11.6 Å². The van der Waals surface area contributed by atoms with Crippen LogP contribution >= 0.6 is 0 Å². The number of sulfonamides is 1. The van der Waals surface area contributed by atoms with Gasteiger partial charge in [0, 0.05) is 24.2 Å². The van der Waals surface area contributed by atoms with E-state index in [0.717, 1.165) is 6.42 Å². The summed E-state index contributed by atoms with van der Waals surface area (Å²) >= 11 is 0. The number of aromatic nitrogens is 2. The molecule has 2 aromatic carbocycles. The first-order valence-electron chi connectivity index (χ1n) is 8.44. The molecular formula is C19H17FN4O2S. The quantitative estimate of drug-likeness (QED) is 0.747. The van der Waals surface area contributed by atoms with Crippen molar-refractivity contribution in [3.05, 3.63) is 60.7 Å². The molecule has 0 aliphatic carbocycles. The third-order valence-corrected chi connectivity index (χ3v) is 6.50. The van der Waals surface area contributed by atoms with E-state index in [1.165, 1.54) is 22.8 Å². The Bertz CT molecular complexity index is 1100. The highest BCUT2D eigenvalue weighted by atomic mass is 32.2. The number of nitrogen functional groups attached to an aromatic ring is 1. The number of nitrogens with zero attached hydrogens (tertiary/aromatic N) is 3. The van der Waals surface area contributed by atoms with Gasteiger partial charge in [-0.3, -0.25) is 4.98 Å². The lowest BCUT2D eigenvalue weighted by atomic mass is 10.0. The Morgan fingerprint density at radius 3 is 2.41 bits per heavy atom. The number of anilines is 1. The van der Waals surface area contributed by atoms with Crippen molar-refractivity contribution in [2.24, 2.45) is 0 Å². The van der Waals surface area contributed by atoms with Crippen LogP contribution in [0.3, 0.4) is 0 Å². The molecule has 4 rings (SSSR count). The maximum absolute atomic E-state index is 14.7. The van der Waals surface area contributed by atoms with Gasteiger partial charge < -0.3 is 5.73 Å². The molecule has 2 N–H and O–H groups in total. The van der Waals surface area contributed by atoms with Gasteiger partial charge in [-0.25, -0.2) is 17.8 Å².